The molecule has 1 aliphatic heterocycles. The van der Waals surface area contributed by atoms with Gasteiger partial charge in [0.2, 0.25) is 0 Å². The molecule has 66 valence electrons. The van der Waals surface area contributed by atoms with E-state index in [0.717, 1.165) is 13.0 Å². The first-order valence-electron chi connectivity index (χ1n) is 4.07. The number of ether oxygens (including phenoxy) is 3. The average Bonchev–Trinajstić information content (AvgIpc) is 2.26. The van der Waals surface area contributed by atoms with Gasteiger partial charge in [-0.05, 0) is 20.3 Å². The molecule has 0 N–H and O–H groups in total. The van der Waals surface area contributed by atoms with Crippen molar-refractivity contribution in [2.24, 2.45) is 0 Å². The predicted molar refractivity (Wildman–Crippen MR) is 41.1 cm³/mol. The summed E-state index contributed by atoms with van der Waals surface area (Å²) in [7, 11) is 0. The second-order valence-corrected chi connectivity index (χ2v) is 3.13. The summed E-state index contributed by atoms with van der Waals surface area (Å²) in [5, 5.41) is 0. The van der Waals surface area contributed by atoms with E-state index in [0.29, 0.717) is 6.61 Å². The second-order valence-electron chi connectivity index (χ2n) is 3.13. The number of hydrogen-bond donors (Lipinski definition) is 0. The summed E-state index contributed by atoms with van der Waals surface area (Å²) in [5.41, 5.74) is 0. The lowest BCUT2D eigenvalue weighted by molar-refractivity contribution is -0.190. The van der Waals surface area contributed by atoms with Crippen molar-refractivity contribution >= 4 is 0 Å². The average molecular weight is 160 g/mol. The van der Waals surface area contributed by atoms with E-state index in [4.69, 9.17) is 14.2 Å². The van der Waals surface area contributed by atoms with Crippen molar-refractivity contribution in [3.63, 3.8) is 0 Å². The number of rotatable bonds is 3. The molecule has 0 radical (unpaired) electrons. The lowest BCUT2D eigenvalue weighted by Crippen LogP contribution is -2.22. The van der Waals surface area contributed by atoms with Crippen LogP contribution in [0.4, 0.5) is 0 Å². The molecule has 1 atom stereocenters. The Kier molecular flexibility index (Phi) is 2.87. The van der Waals surface area contributed by atoms with Gasteiger partial charge < -0.3 is 14.2 Å². The molecule has 1 saturated heterocycles. The lowest BCUT2D eigenvalue weighted by Gasteiger charge is -2.16. The molecule has 3 nitrogen and oxygen atoms in total. The highest BCUT2D eigenvalue weighted by atomic mass is 16.8. The van der Waals surface area contributed by atoms with Gasteiger partial charge in [-0.3, -0.25) is 0 Å². The number of hydrogen-bond acceptors (Lipinski definition) is 3. The summed E-state index contributed by atoms with van der Waals surface area (Å²) in [4.78, 5) is 0. The molecule has 0 spiro atoms. The Morgan fingerprint density at radius 2 is 2.27 bits per heavy atom. The highest BCUT2D eigenvalue weighted by Gasteiger charge is 2.32. The van der Waals surface area contributed by atoms with Crippen LogP contribution in [0.2, 0.25) is 0 Å². The highest BCUT2D eigenvalue weighted by Crippen LogP contribution is 2.22. The third kappa shape index (κ3) is 2.77. The summed E-state index contributed by atoms with van der Waals surface area (Å²) in [6, 6.07) is 0. The maximum atomic E-state index is 5.41. The van der Waals surface area contributed by atoms with E-state index in [9.17, 15) is 0 Å². The van der Waals surface area contributed by atoms with Gasteiger partial charge in [0.15, 0.2) is 12.1 Å². The van der Waals surface area contributed by atoms with E-state index in [1.165, 1.54) is 0 Å². The van der Waals surface area contributed by atoms with Crippen molar-refractivity contribution in [1.82, 2.24) is 0 Å². The Morgan fingerprint density at radius 3 is 2.73 bits per heavy atom. The summed E-state index contributed by atoms with van der Waals surface area (Å²) >= 11 is 0. The first-order valence-corrected chi connectivity index (χ1v) is 4.07. The Hall–Kier alpha value is -0.120. The minimum absolute atomic E-state index is 0.162. The van der Waals surface area contributed by atoms with Gasteiger partial charge in [0.25, 0.3) is 0 Å². The minimum atomic E-state index is -0.460. The monoisotopic (exact) mass is 160 g/mol. The Balaban J connectivity index is 2.20. The van der Waals surface area contributed by atoms with Crippen molar-refractivity contribution in [3.05, 3.63) is 0 Å². The molecule has 0 aromatic rings. The van der Waals surface area contributed by atoms with E-state index in [1.54, 1.807) is 0 Å². The van der Waals surface area contributed by atoms with Crippen LogP contribution in [0, 0.1) is 0 Å². The normalized spacial score (nSPS) is 29.2. The summed E-state index contributed by atoms with van der Waals surface area (Å²) in [6.07, 6.45) is 0.852. The molecule has 0 bridgehead atoms. The molecule has 1 heterocycles. The van der Waals surface area contributed by atoms with Crippen LogP contribution in [0.1, 0.15) is 27.2 Å². The van der Waals surface area contributed by atoms with Crippen molar-refractivity contribution in [2.75, 3.05) is 13.2 Å². The Labute approximate surface area is 67.6 Å². The van der Waals surface area contributed by atoms with Gasteiger partial charge in [-0.1, -0.05) is 6.92 Å². The summed E-state index contributed by atoms with van der Waals surface area (Å²) < 4.78 is 16.0. The van der Waals surface area contributed by atoms with E-state index in [1.807, 2.05) is 13.8 Å². The first kappa shape index (κ1) is 8.97. The molecule has 0 saturated carbocycles. The van der Waals surface area contributed by atoms with Crippen LogP contribution >= 0.6 is 0 Å². The van der Waals surface area contributed by atoms with E-state index in [-0.39, 0.29) is 6.29 Å². The van der Waals surface area contributed by atoms with Gasteiger partial charge in [0, 0.05) is 6.61 Å². The summed E-state index contributed by atoms with van der Waals surface area (Å²) in [5.74, 6) is -0.460. The molecule has 0 aromatic heterocycles. The molecule has 11 heavy (non-hydrogen) atoms. The smallest absolute Gasteiger partial charge is 0.184 e. The third-order valence-corrected chi connectivity index (χ3v) is 1.49. The van der Waals surface area contributed by atoms with Gasteiger partial charge in [0.1, 0.15) is 6.61 Å². The topological polar surface area (TPSA) is 27.7 Å². The molecule has 3 heteroatoms. The highest BCUT2D eigenvalue weighted by molar-refractivity contribution is 4.63. The largest absolute Gasteiger partial charge is 0.350 e. The molecule has 1 aliphatic rings. The Morgan fingerprint density at radius 1 is 1.55 bits per heavy atom. The minimum Gasteiger partial charge on any atom is -0.350 e. The molecule has 0 aliphatic carbocycles. The van der Waals surface area contributed by atoms with Crippen molar-refractivity contribution in [2.45, 2.75) is 39.3 Å². The zero-order valence-electron chi connectivity index (χ0n) is 7.42. The summed E-state index contributed by atoms with van der Waals surface area (Å²) in [6.45, 7) is 7.14. The van der Waals surface area contributed by atoms with Crippen LogP contribution in [-0.2, 0) is 14.2 Å². The molecule has 0 aromatic carbocycles. The van der Waals surface area contributed by atoms with Gasteiger partial charge >= 0.3 is 0 Å². The van der Waals surface area contributed by atoms with Gasteiger partial charge in [0.05, 0.1) is 0 Å². The molecule has 1 fully saturated rings. The second kappa shape index (κ2) is 3.52. The predicted octanol–water partition coefficient (Wildman–Crippen LogP) is 1.52. The fourth-order valence-electron chi connectivity index (χ4n) is 0.985. The quantitative estimate of drug-likeness (QED) is 0.626. The third-order valence-electron chi connectivity index (χ3n) is 1.49. The maximum Gasteiger partial charge on any atom is 0.184 e. The lowest BCUT2D eigenvalue weighted by atomic mass is 10.4. The zero-order chi connectivity index (χ0) is 8.32. The van der Waals surface area contributed by atoms with Gasteiger partial charge in [-0.15, -0.1) is 0 Å². The van der Waals surface area contributed by atoms with Crippen LogP contribution in [0.25, 0.3) is 0 Å². The van der Waals surface area contributed by atoms with Crippen molar-refractivity contribution in [3.8, 4) is 0 Å². The van der Waals surface area contributed by atoms with Crippen LogP contribution in [-0.4, -0.2) is 25.3 Å². The van der Waals surface area contributed by atoms with E-state index >= 15 is 0 Å². The van der Waals surface area contributed by atoms with Gasteiger partial charge in [-0.25, -0.2) is 0 Å². The molecule has 1 rings (SSSR count). The van der Waals surface area contributed by atoms with Crippen LogP contribution < -0.4 is 0 Å². The maximum absolute atomic E-state index is 5.41. The first-order chi connectivity index (χ1) is 5.14. The van der Waals surface area contributed by atoms with E-state index in [2.05, 4.69) is 6.92 Å². The molecular formula is C8H16O3. The fourth-order valence-corrected chi connectivity index (χ4v) is 0.985. The molecule has 0 amide bonds. The SMILES string of the molecule is CCCO[C@H]1COC(C)(C)O1. The van der Waals surface area contributed by atoms with Crippen LogP contribution in [0.3, 0.4) is 0 Å². The standard InChI is InChI=1S/C8H16O3/c1-4-5-9-7-6-10-8(2,3)11-7/h7H,4-6H2,1-3H3/t7-/m1/s1. The van der Waals surface area contributed by atoms with E-state index < -0.39 is 5.79 Å². The van der Waals surface area contributed by atoms with Crippen molar-refractivity contribution in [1.29, 1.82) is 0 Å². The Bertz CT molecular complexity index is 123. The van der Waals surface area contributed by atoms with Crippen LogP contribution in [0.15, 0.2) is 0 Å². The van der Waals surface area contributed by atoms with Gasteiger partial charge in [-0.2, -0.15) is 0 Å². The van der Waals surface area contributed by atoms with Crippen molar-refractivity contribution < 1.29 is 14.2 Å². The molecular weight excluding hydrogens is 144 g/mol. The fraction of sp³-hybridized carbons (Fsp3) is 1.00. The zero-order valence-corrected chi connectivity index (χ0v) is 7.42. The van der Waals surface area contributed by atoms with Crippen LogP contribution in [0.5, 0.6) is 0 Å². The molecule has 0 unspecified atom stereocenters.